The molecule has 1 aliphatic heterocycles. The lowest BCUT2D eigenvalue weighted by molar-refractivity contribution is -0.0104. The molecule has 1 heterocycles. The third-order valence-corrected chi connectivity index (χ3v) is 5.10. The van der Waals surface area contributed by atoms with Gasteiger partial charge in [0.2, 0.25) is 0 Å². The van der Waals surface area contributed by atoms with Gasteiger partial charge in [0.05, 0.1) is 6.54 Å². The zero-order valence-corrected chi connectivity index (χ0v) is 9.84. The van der Waals surface area contributed by atoms with Crippen molar-refractivity contribution in [3.8, 4) is 0 Å². The van der Waals surface area contributed by atoms with Crippen molar-refractivity contribution in [3.05, 3.63) is 0 Å². The summed E-state index contributed by atoms with van der Waals surface area (Å²) in [6, 6.07) is 0. The van der Waals surface area contributed by atoms with Crippen molar-refractivity contribution in [1.82, 2.24) is 10.6 Å². The second-order valence-electron chi connectivity index (χ2n) is 6.48. The molecule has 16 heavy (non-hydrogen) atoms. The van der Waals surface area contributed by atoms with Gasteiger partial charge in [0, 0.05) is 12.1 Å². The van der Waals surface area contributed by atoms with Gasteiger partial charge < -0.3 is 10.6 Å². The normalized spacial score (nSPS) is 49.0. The van der Waals surface area contributed by atoms with Crippen LogP contribution in [0, 0.1) is 17.8 Å². The summed E-state index contributed by atoms with van der Waals surface area (Å²) in [6.07, 6.45) is 8.75. The molecule has 3 heteroatoms. The van der Waals surface area contributed by atoms with Crippen LogP contribution >= 0.6 is 0 Å². The highest BCUT2D eigenvalue weighted by molar-refractivity contribution is 5.82. The molecule has 88 valence electrons. The van der Waals surface area contributed by atoms with Gasteiger partial charge in [-0.25, -0.2) is 0 Å². The minimum absolute atomic E-state index is 0.422. The number of nitrogens with zero attached hydrogens (tertiary/aromatic N) is 1. The summed E-state index contributed by atoms with van der Waals surface area (Å²) in [6.45, 7) is 1.98. The van der Waals surface area contributed by atoms with Crippen LogP contribution in [0.1, 0.15) is 38.5 Å². The fourth-order valence-corrected chi connectivity index (χ4v) is 5.00. The lowest BCUT2D eigenvalue weighted by Crippen LogP contribution is -2.61. The zero-order valence-electron chi connectivity index (χ0n) is 9.84. The summed E-state index contributed by atoms with van der Waals surface area (Å²) >= 11 is 0. The Balaban J connectivity index is 1.57. The number of hydrogen-bond acceptors (Lipinski definition) is 3. The molecule has 5 rings (SSSR count). The first-order chi connectivity index (χ1) is 7.81. The Kier molecular flexibility index (Phi) is 1.83. The van der Waals surface area contributed by atoms with Crippen molar-refractivity contribution in [3.63, 3.8) is 0 Å². The maximum absolute atomic E-state index is 4.51. The van der Waals surface area contributed by atoms with Gasteiger partial charge in [0.1, 0.15) is 0 Å². The molecule has 5 aliphatic rings. The Morgan fingerprint density at radius 1 is 1.06 bits per heavy atom. The van der Waals surface area contributed by atoms with E-state index in [1.54, 1.807) is 0 Å². The Morgan fingerprint density at radius 2 is 1.69 bits per heavy atom. The average molecular weight is 219 g/mol. The summed E-state index contributed by atoms with van der Waals surface area (Å²) in [5.74, 6) is 4.13. The molecule has 0 unspecified atom stereocenters. The zero-order chi connectivity index (χ0) is 10.6. The number of guanidine groups is 1. The van der Waals surface area contributed by atoms with Gasteiger partial charge in [-0.05, 0) is 56.3 Å². The Bertz CT molecular complexity index is 299. The molecular weight excluding hydrogens is 198 g/mol. The number of hydrogen-bond donors (Lipinski definition) is 2. The molecule has 4 fully saturated rings. The number of rotatable bonds is 1. The minimum Gasteiger partial charge on any atom is -0.355 e. The molecule has 0 aromatic carbocycles. The summed E-state index contributed by atoms with van der Waals surface area (Å²) < 4.78 is 0. The SMILES string of the molecule is C1CNC(NC23CC4CC(CC(C4)C2)C3)=N1. The van der Waals surface area contributed by atoms with Crippen molar-refractivity contribution in [1.29, 1.82) is 0 Å². The first kappa shape index (κ1) is 9.32. The van der Waals surface area contributed by atoms with Gasteiger partial charge in [-0.2, -0.15) is 0 Å². The van der Waals surface area contributed by atoms with Gasteiger partial charge >= 0.3 is 0 Å². The van der Waals surface area contributed by atoms with E-state index in [-0.39, 0.29) is 0 Å². The smallest absolute Gasteiger partial charge is 0.191 e. The van der Waals surface area contributed by atoms with Gasteiger partial charge in [-0.15, -0.1) is 0 Å². The molecular formula is C13H21N3. The maximum Gasteiger partial charge on any atom is 0.191 e. The summed E-state index contributed by atoms with van der Waals surface area (Å²) in [7, 11) is 0. The quantitative estimate of drug-likeness (QED) is 0.701. The topological polar surface area (TPSA) is 36.4 Å². The van der Waals surface area contributed by atoms with Gasteiger partial charge in [0.15, 0.2) is 5.96 Å². The standard InChI is InChI=1S/C13H21N3/c1-2-15-12(14-1)16-13-6-9-3-10(7-13)5-11(4-9)8-13/h9-11H,1-8H2,(H2,14,15,16). The van der Waals surface area contributed by atoms with Crippen molar-refractivity contribution in [2.24, 2.45) is 22.7 Å². The predicted octanol–water partition coefficient (Wildman–Crippen LogP) is 1.50. The third-order valence-electron chi connectivity index (χ3n) is 5.10. The van der Waals surface area contributed by atoms with Gasteiger partial charge in [-0.3, -0.25) is 4.99 Å². The van der Waals surface area contributed by atoms with Crippen LogP contribution in [0.4, 0.5) is 0 Å². The van der Waals surface area contributed by atoms with E-state index >= 15 is 0 Å². The highest BCUT2D eigenvalue weighted by Crippen LogP contribution is 2.55. The molecule has 0 atom stereocenters. The second-order valence-corrected chi connectivity index (χ2v) is 6.48. The molecule has 0 radical (unpaired) electrons. The molecule has 0 aromatic rings. The van der Waals surface area contributed by atoms with Crippen molar-refractivity contribution >= 4 is 5.96 Å². The largest absolute Gasteiger partial charge is 0.355 e. The van der Waals surface area contributed by atoms with Crippen molar-refractivity contribution in [2.75, 3.05) is 13.1 Å². The van der Waals surface area contributed by atoms with E-state index in [2.05, 4.69) is 15.6 Å². The van der Waals surface area contributed by atoms with Crippen LogP contribution in [0.5, 0.6) is 0 Å². The lowest BCUT2D eigenvalue weighted by atomic mass is 9.53. The van der Waals surface area contributed by atoms with Crippen molar-refractivity contribution < 1.29 is 0 Å². The molecule has 0 saturated heterocycles. The van der Waals surface area contributed by atoms with Crippen LogP contribution in [0.15, 0.2) is 4.99 Å². The summed E-state index contributed by atoms with van der Waals surface area (Å²) in [5, 5.41) is 7.13. The van der Waals surface area contributed by atoms with E-state index in [1.165, 1.54) is 38.5 Å². The van der Waals surface area contributed by atoms with Gasteiger partial charge in [0.25, 0.3) is 0 Å². The maximum atomic E-state index is 4.51. The molecule has 3 nitrogen and oxygen atoms in total. The molecule has 0 amide bonds. The third kappa shape index (κ3) is 1.36. The fraction of sp³-hybridized carbons (Fsp3) is 0.923. The van der Waals surface area contributed by atoms with Crippen LogP contribution in [0.3, 0.4) is 0 Å². The highest BCUT2D eigenvalue weighted by Gasteiger charge is 2.51. The average Bonchev–Trinajstić information content (AvgIpc) is 2.66. The molecule has 2 N–H and O–H groups in total. The Labute approximate surface area is 97.1 Å². The summed E-state index contributed by atoms with van der Waals surface area (Å²) in [5.41, 5.74) is 0.422. The molecule has 4 bridgehead atoms. The molecule has 0 spiro atoms. The first-order valence-electron chi connectivity index (χ1n) is 6.88. The predicted molar refractivity (Wildman–Crippen MR) is 64.3 cm³/mol. The van der Waals surface area contributed by atoms with E-state index in [9.17, 15) is 0 Å². The van der Waals surface area contributed by atoms with Crippen LogP contribution in [-0.2, 0) is 0 Å². The minimum atomic E-state index is 0.422. The first-order valence-corrected chi connectivity index (χ1v) is 6.88. The number of nitrogens with one attached hydrogen (secondary N) is 2. The Morgan fingerprint density at radius 3 is 2.19 bits per heavy atom. The van der Waals surface area contributed by atoms with Gasteiger partial charge in [-0.1, -0.05) is 0 Å². The van der Waals surface area contributed by atoms with Crippen LogP contribution in [0.2, 0.25) is 0 Å². The van der Waals surface area contributed by atoms with E-state index in [0.29, 0.717) is 5.54 Å². The number of aliphatic imine (C=N–C) groups is 1. The van der Waals surface area contributed by atoms with Crippen LogP contribution < -0.4 is 10.6 Å². The monoisotopic (exact) mass is 219 g/mol. The fourth-order valence-electron chi connectivity index (χ4n) is 5.00. The van der Waals surface area contributed by atoms with E-state index < -0.39 is 0 Å². The van der Waals surface area contributed by atoms with E-state index in [0.717, 1.165) is 36.8 Å². The van der Waals surface area contributed by atoms with Crippen molar-refractivity contribution in [2.45, 2.75) is 44.1 Å². The molecule has 4 saturated carbocycles. The second kappa shape index (κ2) is 3.14. The lowest BCUT2D eigenvalue weighted by Gasteiger charge is -2.57. The van der Waals surface area contributed by atoms with E-state index in [1.807, 2.05) is 0 Å². The Hall–Kier alpha value is -0.730. The molecule has 0 aromatic heterocycles. The summed E-state index contributed by atoms with van der Waals surface area (Å²) in [4.78, 5) is 4.51. The van der Waals surface area contributed by atoms with E-state index in [4.69, 9.17) is 0 Å². The highest BCUT2D eigenvalue weighted by atomic mass is 15.2. The van der Waals surface area contributed by atoms with Crippen LogP contribution in [0.25, 0.3) is 0 Å². The molecule has 4 aliphatic carbocycles. The van der Waals surface area contributed by atoms with Crippen LogP contribution in [-0.4, -0.2) is 24.6 Å².